The topological polar surface area (TPSA) is 37.4 Å². The summed E-state index contributed by atoms with van der Waals surface area (Å²) in [5.41, 5.74) is 1.50. The number of pyridine rings is 1. The van der Waals surface area contributed by atoms with E-state index in [0.717, 1.165) is 64.5 Å². The fraction of sp³-hybridized carbons (Fsp3) is 0.706. The molecule has 1 aliphatic heterocycles. The van der Waals surface area contributed by atoms with E-state index in [1.54, 1.807) is 0 Å². The Labute approximate surface area is 128 Å². The molecule has 0 aliphatic carbocycles. The lowest BCUT2D eigenvalue weighted by Gasteiger charge is -2.41. The van der Waals surface area contributed by atoms with Gasteiger partial charge in [0.1, 0.15) is 0 Å². The second kappa shape index (κ2) is 8.47. The first-order valence-corrected chi connectivity index (χ1v) is 8.19. The van der Waals surface area contributed by atoms with Crippen molar-refractivity contribution in [3.8, 4) is 0 Å². The molecule has 0 unspecified atom stereocenters. The average molecular weight is 291 g/mol. The van der Waals surface area contributed by atoms with Crippen LogP contribution in [0.1, 0.15) is 32.4 Å². The maximum atomic E-state index is 5.58. The van der Waals surface area contributed by atoms with Crippen molar-refractivity contribution in [3.05, 3.63) is 30.1 Å². The molecule has 4 nitrogen and oxygen atoms in total. The van der Waals surface area contributed by atoms with Crippen molar-refractivity contribution in [2.75, 3.05) is 39.4 Å². The summed E-state index contributed by atoms with van der Waals surface area (Å²) >= 11 is 0. The van der Waals surface area contributed by atoms with Crippen molar-refractivity contribution < 1.29 is 4.74 Å². The van der Waals surface area contributed by atoms with Gasteiger partial charge in [-0.25, -0.2) is 0 Å². The number of ether oxygens (including phenoxy) is 1. The molecular formula is C17H29N3O. The highest BCUT2D eigenvalue weighted by molar-refractivity contribution is 5.03. The van der Waals surface area contributed by atoms with Gasteiger partial charge in [0.15, 0.2) is 0 Å². The second-order valence-corrected chi connectivity index (χ2v) is 6.02. The predicted molar refractivity (Wildman–Crippen MR) is 86.2 cm³/mol. The lowest BCUT2D eigenvalue weighted by Crippen LogP contribution is -2.47. The third kappa shape index (κ3) is 5.06. The first-order chi connectivity index (χ1) is 10.3. The number of nitrogens with zero attached hydrogens (tertiary/aromatic N) is 2. The summed E-state index contributed by atoms with van der Waals surface area (Å²) in [6.07, 6.45) is 4.18. The van der Waals surface area contributed by atoms with Gasteiger partial charge < -0.3 is 10.1 Å². The lowest BCUT2D eigenvalue weighted by molar-refractivity contribution is -0.00488. The zero-order valence-electron chi connectivity index (χ0n) is 13.5. The van der Waals surface area contributed by atoms with Crippen LogP contribution in [0.4, 0.5) is 0 Å². The van der Waals surface area contributed by atoms with Crippen molar-refractivity contribution in [1.29, 1.82) is 0 Å². The summed E-state index contributed by atoms with van der Waals surface area (Å²) in [5, 5.41) is 3.55. The summed E-state index contributed by atoms with van der Waals surface area (Å²) in [4.78, 5) is 6.98. The maximum absolute atomic E-state index is 5.58. The zero-order valence-corrected chi connectivity index (χ0v) is 13.5. The van der Waals surface area contributed by atoms with Crippen molar-refractivity contribution in [2.45, 2.75) is 33.2 Å². The minimum atomic E-state index is 0.346. The Bertz CT molecular complexity index is 390. The summed E-state index contributed by atoms with van der Waals surface area (Å²) < 4.78 is 5.58. The molecule has 1 fully saturated rings. The first kappa shape index (κ1) is 16.4. The largest absolute Gasteiger partial charge is 0.381 e. The highest BCUT2D eigenvalue weighted by atomic mass is 16.5. The van der Waals surface area contributed by atoms with Gasteiger partial charge in [-0.15, -0.1) is 0 Å². The van der Waals surface area contributed by atoms with Crippen LogP contribution in [-0.4, -0.2) is 49.3 Å². The van der Waals surface area contributed by atoms with Crippen LogP contribution in [0.3, 0.4) is 0 Å². The molecule has 4 heteroatoms. The quantitative estimate of drug-likeness (QED) is 0.797. The molecule has 0 spiro atoms. The molecule has 1 saturated heterocycles. The number of hydrogen-bond donors (Lipinski definition) is 1. The van der Waals surface area contributed by atoms with Crippen LogP contribution >= 0.6 is 0 Å². The maximum Gasteiger partial charge on any atom is 0.0543 e. The molecule has 1 aliphatic rings. The molecular weight excluding hydrogens is 262 g/mol. The fourth-order valence-corrected chi connectivity index (χ4v) is 3.06. The molecule has 21 heavy (non-hydrogen) atoms. The van der Waals surface area contributed by atoms with Gasteiger partial charge in [0.05, 0.1) is 5.69 Å². The van der Waals surface area contributed by atoms with Crippen molar-refractivity contribution in [3.63, 3.8) is 0 Å². The molecule has 1 aromatic heterocycles. The van der Waals surface area contributed by atoms with Crippen LogP contribution in [0.25, 0.3) is 0 Å². The molecule has 0 saturated carbocycles. The van der Waals surface area contributed by atoms with Crippen LogP contribution < -0.4 is 5.32 Å². The zero-order chi connectivity index (χ0) is 15.0. The van der Waals surface area contributed by atoms with E-state index in [1.165, 1.54) is 0 Å². The van der Waals surface area contributed by atoms with E-state index in [1.807, 2.05) is 12.3 Å². The van der Waals surface area contributed by atoms with Gasteiger partial charge in [-0.05, 0) is 43.5 Å². The monoisotopic (exact) mass is 291 g/mol. The Morgan fingerprint density at radius 2 is 2.10 bits per heavy atom. The molecule has 1 aromatic rings. The molecule has 0 radical (unpaired) electrons. The minimum absolute atomic E-state index is 0.346. The smallest absolute Gasteiger partial charge is 0.0543 e. The normalized spacial score (nSPS) is 18.0. The SMILES string of the molecule is CCNCC1(CN(CC)Cc2ccccn2)CCOCC1. The number of rotatable bonds is 8. The van der Waals surface area contributed by atoms with Gasteiger partial charge >= 0.3 is 0 Å². The van der Waals surface area contributed by atoms with Gasteiger partial charge in [0, 0.05) is 39.0 Å². The van der Waals surface area contributed by atoms with Crippen LogP contribution in [0.15, 0.2) is 24.4 Å². The second-order valence-electron chi connectivity index (χ2n) is 6.02. The standard InChI is InChI=1S/C17H29N3O/c1-3-18-14-17(8-11-21-12-9-17)15-20(4-2)13-16-7-5-6-10-19-16/h5-7,10,18H,3-4,8-9,11-15H2,1-2H3. The summed E-state index contributed by atoms with van der Waals surface area (Å²) in [6, 6.07) is 6.16. The van der Waals surface area contributed by atoms with E-state index in [2.05, 4.69) is 41.2 Å². The van der Waals surface area contributed by atoms with Crippen molar-refractivity contribution in [2.24, 2.45) is 5.41 Å². The highest BCUT2D eigenvalue weighted by Crippen LogP contribution is 2.31. The van der Waals surface area contributed by atoms with E-state index in [4.69, 9.17) is 4.74 Å². The van der Waals surface area contributed by atoms with Crippen molar-refractivity contribution >= 4 is 0 Å². The van der Waals surface area contributed by atoms with Crippen LogP contribution in [-0.2, 0) is 11.3 Å². The summed E-state index contributed by atoms with van der Waals surface area (Å²) in [7, 11) is 0. The Morgan fingerprint density at radius 3 is 2.71 bits per heavy atom. The number of hydrogen-bond acceptors (Lipinski definition) is 4. The van der Waals surface area contributed by atoms with Gasteiger partial charge in [-0.3, -0.25) is 9.88 Å². The Morgan fingerprint density at radius 1 is 1.29 bits per heavy atom. The minimum Gasteiger partial charge on any atom is -0.381 e. The van der Waals surface area contributed by atoms with E-state index in [9.17, 15) is 0 Å². The van der Waals surface area contributed by atoms with Gasteiger partial charge in [-0.2, -0.15) is 0 Å². The van der Waals surface area contributed by atoms with E-state index < -0.39 is 0 Å². The Hall–Kier alpha value is -0.970. The number of nitrogens with one attached hydrogen (secondary N) is 1. The van der Waals surface area contributed by atoms with Crippen LogP contribution in [0.2, 0.25) is 0 Å². The summed E-state index contributed by atoms with van der Waals surface area (Å²) in [5.74, 6) is 0. The third-order valence-corrected chi connectivity index (χ3v) is 4.42. The highest BCUT2D eigenvalue weighted by Gasteiger charge is 2.33. The average Bonchev–Trinajstić information content (AvgIpc) is 2.54. The van der Waals surface area contributed by atoms with E-state index in [-0.39, 0.29) is 0 Å². The summed E-state index contributed by atoms with van der Waals surface area (Å²) in [6.45, 7) is 11.5. The molecule has 0 amide bonds. The fourth-order valence-electron chi connectivity index (χ4n) is 3.06. The molecule has 2 rings (SSSR count). The van der Waals surface area contributed by atoms with Crippen molar-refractivity contribution in [1.82, 2.24) is 15.2 Å². The molecule has 118 valence electrons. The Kier molecular flexibility index (Phi) is 6.61. The van der Waals surface area contributed by atoms with E-state index in [0.29, 0.717) is 5.41 Å². The van der Waals surface area contributed by atoms with Gasteiger partial charge in [0.2, 0.25) is 0 Å². The predicted octanol–water partition coefficient (Wildman–Crippen LogP) is 2.31. The molecule has 0 atom stereocenters. The molecule has 0 bridgehead atoms. The Balaban J connectivity index is 1.99. The van der Waals surface area contributed by atoms with Gasteiger partial charge in [-0.1, -0.05) is 19.9 Å². The van der Waals surface area contributed by atoms with E-state index >= 15 is 0 Å². The first-order valence-electron chi connectivity index (χ1n) is 8.19. The van der Waals surface area contributed by atoms with Gasteiger partial charge in [0.25, 0.3) is 0 Å². The third-order valence-electron chi connectivity index (χ3n) is 4.42. The van der Waals surface area contributed by atoms with Crippen LogP contribution in [0.5, 0.6) is 0 Å². The van der Waals surface area contributed by atoms with Crippen LogP contribution in [0, 0.1) is 5.41 Å². The number of aromatic nitrogens is 1. The molecule has 1 N–H and O–H groups in total. The molecule has 0 aromatic carbocycles. The molecule has 2 heterocycles. The lowest BCUT2D eigenvalue weighted by atomic mass is 9.79.